The Bertz CT molecular complexity index is 745. The molecule has 1 saturated heterocycles. The number of nitrogens with zero attached hydrogens (tertiary/aromatic N) is 6. The van der Waals surface area contributed by atoms with Gasteiger partial charge in [0.1, 0.15) is 12.2 Å². The van der Waals surface area contributed by atoms with Crippen LogP contribution >= 0.6 is 0 Å². The zero-order valence-electron chi connectivity index (χ0n) is 14.3. The Morgan fingerprint density at radius 1 is 1.33 bits per heavy atom. The Morgan fingerprint density at radius 3 is 2.71 bits per heavy atom. The number of hydrogen-bond donors (Lipinski definition) is 1. The molecule has 2 fully saturated rings. The van der Waals surface area contributed by atoms with Crippen LogP contribution in [0.15, 0.2) is 6.33 Å². The van der Waals surface area contributed by atoms with Crippen LogP contribution in [0.3, 0.4) is 0 Å². The molecule has 1 N–H and O–H groups in total. The van der Waals surface area contributed by atoms with E-state index >= 15 is 0 Å². The number of rotatable bonds is 4. The first-order valence-electron chi connectivity index (χ1n) is 8.60. The Morgan fingerprint density at radius 2 is 2.12 bits per heavy atom. The van der Waals surface area contributed by atoms with E-state index in [0.29, 0.717) is 30.1 Å². The van der Waals surface area contributed by atoms with Crippen molar-refractivity contribution in [3.05, 3.63) is 23.8 Å². The van der Waals surface area contributed by atoms with Crippen LogP contribution in [0.2, 0.25) is 0 Å². The van der Waals surface area contributed by atoms with Crippen LogP contribution in [0.25, 0.3) is 0 Å². The highest BCUT2D eigenvalue weighted by molar-refractivity contribution is 5.90. The van der Waals surface area contributed by atoms with Crippen molar-refractivity contribution in [3.8, 4) is 0 Å². The van der Waals surface area contributed by atoms with Gasteiger partial charge in [0.25, 0.3) is 5.91 Å². The van der Waals surface area contributed by atoms with Crippen molar-refractivity contribution in [3.63, 3.8) is 0 Å². The van der Waals surface area contributed by atoms with E-state index in [1.165, 1.54) is 23.9 Å². The number of carbonyl (C=O) groups is 1. The van der Waals surface area contributed by atoms with E-state index in [1.807, 2.05) is 4.90 Å². The van der Waals surface area contributed by atoms with Crippen LogP contribution in [0.5, 0.6) is 0 Å². The highest BCUT2D eigenvalue weighted by atomic mass is 16.2. The third kappa shape index (κ3) is 2.59. The maximum atomic E-state index is 12.8. The summed E-state index contributed by atoms with van der Waals surface area (Å²) in [5.41, 5.74) is 0. The summed E-state index contributed by atoms with van der Waals surface area (Å²) in [7, 11) is 1.75. The predicted molar refractivity (Wildman–Crippen MR) is 86.3 cm³/mol. The molecule has 0 spiro atoms. The monoisotopic (exact) mass is 329 g/mol. The Hall–Kier alpha value is -2.25. The van der Waals surface area contributed by atoms with E-state index in [-0.39, 0.29) is 11.8 Å². The quantitative estimate of drug-likeness (QED) is 0.913. The largest absolute Gasteiger partial charge is 0.335 e. The summed E-state index contributed by atoms with van der Waals surface area (Å²) in [6, 6.07) is 0. The number of aryl methyl sites for hydroxylation is 1. The summed E-state index contributed by atoms with van der Waals surface area (Å²) in [5, 5.41) is 11.5. The minimum Gasteiger partial charge on any atom is -0.335 e. The molecule has 2 aliphatic rings. The minimum absolute atomic E-state index is 0.0493. The molecule has 2 atom stereocenters. The number of amides is 1. The fraction of sp³-hybridized carbons (Fsp3) is 0.688. The zero-order chi connectivity index (χ0) is 16.8. The van der Waals surface area contributed by atoms with E-state index < -0.39 is 0 Å². The molecule has 24 heavy (non-hydrogen) atoms. The van der Waals surface area contributed by atoms with E-state index in [4.69, 9.17) is 0 Å². The molecule has 0 radical (unpaired) electrons. The van der Waals surface area contributed by atoms with Gasteiger partial charge in [0.05, 0.1) is 0 Å². The van der Waals surface area contributed by atoms with Gasteiger partial charge >= 0.3 is 0 Å². The molecule has 0 unspecified atom stereocenters. The molecule has 1 aliphatic heterocycles. The Labute approximate surface area is 140 Å². The Balaban J connectivity index is 1.57. The van der Waals surface area contributed by atoms with Crippen LogP contribution < -0.4 is 0 Å². The van der Waals surface area contributed by atoms with Gasteiger partial charge in [-0.1, -0.05) is 13.8 Å². The molecule has 2 aromatic rings. The smallest absolute Gasteiger partial charge is 0.291 e. The highest BCUT2D eigenvalue weighted by Crippen LogP contribution is 2.47. The second kappa shape index (κ2) is 5.68. The molecule has 8 heteroatoms. The number of carbonyl (C=O) groups excluding carboxylic acids is 1. The lowest BCUT2D eigenvalue weighted by molar-refractivity contribution is 0.0767. The lowest BCUT2D eigenvalue weighted by Gasteiger charge is -2.15. The van der Waals surface area contributed by atoms with Crippen LogP contribution in [0, 0.1) is 11.8 Å². The zero-order valence-corrected chi connectivity index (χ0v) is 14.3. The van der Waals surface area contributed by atoms with Crippen molar-refractivity contribution in [2.45, 2.75) is 38.5 Å². The van der Waals surface area contributed by atoms with Crippen LogP contribution in [-0.4, -0.2) is 53.8 Å². The van der Waals surface area contributed by atoms with Crippen LogP contribution in [0.4, 0.5) is 0 Å². The molecule has 2 aromatic heterocycles. The van der Waals surface area contributed by atoms with Crippen molar-refractivity contribution in [1.82, 2.24) is 34.8 Å². The van der Waals surface area contributed by atoms with Gasteiger partial charge in [-0.2, -0.15) is 10.2 Å². The summed E-state index contributed by atoms with van der Waals surface area (Å²) in [6.07, 6.45) is 3.92. The standard InChI is InChI=1S/C16H23N7O/c1-9(2)13-19-14(21-20-13)12-7-23(6-11(12)10-4-5-10)16(24)15-17-8-18-22(15)3/h8-12H,4-7H2,1-3H3,(H,19,20,21)/t11-,12+/m1/s1. The normalized spacial score (nSPS) is 24.1. The topological polar surface area (TPSA) is 92.6 Å². The number of H-pyrrole nitrogens is 1. The third-order valence-electron chi connectivity index (χ3n) is 5.17. The number of nitrogens with one attached hydrogen (secondary N) is 1. The third-order valence-corrected chi connectivity index (χ3v) is 5.17. The first kappa shape index (κ1) is 15.3. The fourth-order valence-corrected chi connectivity index (χ4v) is 3.63. The van der Waals surface area contributed by atoms with Gasteiger partial charge in [0.2, 0.25) is 5.82 Å². The van der Waals surface area contributed by atoms with Gasteiger partial charge in [-0.3, -0.25) is 9.89 Å². The van der Waals surface area contributed by atoms with Gasteiger partial charge in [-0.05, 0) is 24.7 Å². The summed E-state index contributed by atoms with van der Waals surface area (Å²) in [5.74, 6) is 3.79. The number of aromatic amines is 1. The van der Waals surface area contributed by atoms with Gasteiger partial charge in [-0.15, -0.1) is 0 Å². The lowest BCUT2D eigenvalue weighted by Crippen LogP contribution is -2.31. The summed E-state index contributed by atoms with van der Waals surface area (Å²) >= 11 is 0. The van der Waals surface area contributed by atoms with Crippen LogP contribution in [-0.2, 0) is 7.05 Å². The molecular formula is C16H23N7O. The van der Waals surface area contributed by atoms with Crippen molar-refractivity contribution in [2.75, 3.05) is 13.1 Å². The molecule has 3 heterocycles. The summed E-state index contributed by atoms with van der Waals surface area (Å²) < 4.78 is 1.53. The van der Waals surface area contributed by atoms with Crippen LogP contribution in [0.1, 0.15) is 60.8 Å². The van der Waals surface area contributed by atoms with E-state index in [9.17, 15) is 4.79 Å². The number of likely N-dealkylation sites (tertiary alicyclic amines) is 1. The molecule has 128 valence electrons. The average Bonchev–Trinajstić information content (AvgIpc) is 2.99. The van der Waals surface area contributed by atoms with Crippen molar-refractivity contribution in [2.24, 2.45) is 18.9 Å². The van der Waals surface area contributed by atoms with Crippen molar-refractivity contribution in [1.29, 1.82) is 0 Å². The maximum Gasteiger partial charge on any atom is 0.291 e. The summed E-state index contributed by atoms with van der Waals surface area (Å²) in [6.45, 7) is 5.60. The SMILES string of the molecule is CC(C)c1n[nH]c([C@H]2CN(C(=O)c3ncnn3C)C[C@@H]2C2CC2)n1. The van der Waals surface area contributed by atoms with E-state index in [1.54, 1.807) is 7.05 Å². The fourth-order valence-electron chi connectivity index (χ4n) is 3.63. The number of aromatic nitrogens is 6. The molecule has 1 amide bonds. The van der Waals surface area contributed by atoms with Crippen molar-refractivity contribution >= 4 is 5.91 Å². The first-order chi connectivity index (χ1) is 11.5. The van der Waals surface area contributed by atoms with Gasteiger partial charge in [0.15, 0.2) is 5.82 Å². The number of hydrogen-bond acceptors (Lipinski definition) is 5. The lowest BCUT2D eigenvalue weighted by atomic mass is 9.91. The van der Waals surface area contributed by atoms with Gasteiger partial charge < -0.3 is 4.90 Å². The van der Waals surface area contributed by atoms with Gasteiger partial charge in [-0.25, -0.2) is 14.6 Å². The van der Waals surface area contributed by atoms with Crippen molar-refractivity contribution < 1.29 is 4.79 Å². The molecular weight excluding hydrogens is 306 g/mol. The maximum absolute atomic E-state index is 12.8. The molecule has 8 nitrogen and oxygen atoms in total. The molecule has 1 aliphatic carbocycles. The minimum atomic E-state index is -0.0493. The van der Waals surface area contributed by atoms with E-state index in [0.717, 1.165) is 18.2 Å². The predicted octanol–water partition coefficient (Wildman–Crippen LogP) is 1.32. The first-order valence-corrected chi connectivity index (χ1v) is 8.60. The molecule has 1 saturated carbocycles. The molecule has 0 bridgehead atoms. The molecule has 0 aromatic carbocycles. The molecule has 4 rings (SSSR count). The second-order valence-electron chi connectivity index (χ2n) is 7.26. The Kier molecular flexibility index (Phi) is 3.62. The average molecular weight is 329 g/mol. The summed E-state index contributed by atoms with van der Waals surface area (Å²) in [4.78, 5) is 23.4. The highest BCUT2D eigenvalue weighted by Gasteiger charge is 2.46. The van der Waals surface area contributed by atoms with E-state index in [2.05, 4.69) is 39.1 Å². The second-order valence-corrected chi connectivity index (χ2v) is 7.26. The van der Waals surface area contributed by atoms with Gasteiger partial charge in [0, 0.05) is 32.0 Å².